The molecule has 0 spiro atoms. The highest BCUT2D eigenvalue weighted by molar-refractivity contribution is 9.10. The molecule has 0 fully saturated rings. The number of nitriles is 1. The first kappa shape index (κ1) is 26.8. The van der Waals surface area contributed by atoms with Gasteiger partial charge in [-0.05, 0) is 53.9 Å². The minimum atomic E-state index is -0.259. The van der Waals surface area contributed by atoms with Gasteiger partial charge in [0.1, 0.15) is 6.33 Å². The number of hydrogen-bond acceptors (Lipinski definition) is 5. The maximum absolute atomic E-state index is 14.1. The smallest absolute Gasteiger partial charge is 0.258 e. The van der Waals surface area contributed by atoms with E-state index >= 15 is 0 Å². The van der Waals surface area contributed by atoms with Crippen LogP contribution in [-0.4, -0.2) is 37.1 Å². The zero-order valence-corrected chi connectivity index (χ0v) is 23.7. The van der Waals surface area contributed by atoms with Crippen molar-refractivity contribution in [3.63, 3.8) is 0 Å². The van der Waals surface area contributed by atoms with Crippen molar-refractivity contribution in [3.8, 4) is 6.07 Å². The van der Waals surface area contributed by atoms with Crippen LogP contribution in [0.15, 0.2) is 83.7 Å². The fourth-order valence-electron chi connectivity index (χ4n) is 4.26. The standard InChI is InChI=1S/C29H21BrCl2N6O/c30-23-8-5-19(6-9-23)11-12-37(29(39)27-25(32)10-7-22-13-24(31)15-34-28(22)27)17-26-36-35-18-38(26)16-21-3-1-20(14-33)2-4-21/h1-10,13,15,18H,11-12,16-17H2. The van der Waals surface area contributed by atoms with E-state index in [4.69, 9.17) is 28.5 Å². The van der Waals surface area contributed by atoms with E-state index in [1.807, 2.05) is 41.0 Å². The molecule has 0 aliphatic carbocycles. The van der Waals surface area contributed by atoms with Crippen molar-refractivity contribution < 1.29 is 4.79 Å². The summed E-state index contributed by atoms with van der Waals surface area (Å²) in [6.45, 7) is 1.13. The van der Waals surface area contributed by atoms with Crippen LogP contribution in [0.1, 0.15) is 32.9 Å². The maximum atomic E-state index is 14.1. The average molecular weight is 620 g/mol. The van der Waals surface area contributed by atoms with Crippen LogP contribution < -0.4 is 0 Å². The number of rotatable bonds is 8. The molecule has 0 saturated heterocycles. The number of fused-ring (bicyclic) bond motifs is 1. The Kier molecular flexibility index (Phi) is 8.22. The van der Waals surface area contributed by atoms with E-state index in [-0.39, 0.29) is 12.5 Å². The fourth-order valence-corrected chi connectivity index (χ4v) is 4.93. The zero-order valence-electron chi connectivity index (χ0n) is 20.6. The molecule has 0 N–H and O–H groups in total. The first-order chi connectivity index (χ1) is 18.9. The number of hydrogen-bond donors (Lipinski definition) is 0. The molecule has 0 atom stereocenters. The quantitative estimate of drug-likeness (QED) is 0.193. The topological polar surface area (TPSA) is 87.7 Å². The van der Waals surface area contributed by atoms with Gasteiger partial charge in [-0.3, -0.25) is 9.78 Å². The highest BCUT2D eigenvalue weighted by atomic mass is 79.9. The molecule has 5 rings (SSSR count). The molecule has 39 heavy (non-hydrogen) atoms. The van der Waals surface area contributed by atoms with Crippen molar-refractivity contribution in [3.05, 3.63) is 122 Å². The fraction of sp³-hybridized carbons (Fsp3) is 0.138. The molecule has 194 valence electrons. The molecule has 5 aromatic rings. The van der Waals surface area contributed by atoms with Gasteiger partial charge in [-0.1, -0.05) is 69.5 Å². The summed E-state index contributed by atoms with van der Waals surface area (Å²) in [7, 11) is 0. The monoisotopic (exact) mass is 618 g/mol. The molecule has 7 nitrogen and oxygen atoms in total. The van der Waals surface area contributed by atoms with Crippen molar-refractivity contribution in [1.82, 2.24) is 24.6 Å². The van der Waals surface area contributed by atoms with Crippen molar-refractivity contribution >= 4 is 55.9 Å². The van der Waals surface area contributed by atoms with E-state index in [1.54, 1.807) is 41.6 Å². The normalized spacial score (nSPS) is 10.9. The highest BCUT2D eigenvalue weighted by Gasteiger charge is 2.24. The molecule has 0 bridgehead atoms. The van der Waals surface area contributed by atoms with Gasteiger partial charge in [-0.15, -0.1) is 10.2 Å². The zero-order chi connectivity index (χ0) is 27.4. The molecule has 0 aliphatic heterocycles. The van der Waals surface area contributed by atoms with Gasteiger partial charge in [-0.2, -0.15) is 5.26 Å². The van der Waals surface area contributed by atoms with Gasteiger partial charge in [0.15, 0.2) is 5.82 Å². The van der Waals surface area contributed by atoms with Gasteiger partial charge in [-0.25, -0.2) is 0 Å². The number of benzene rings is 3. The molecule has 10 heteroatoms. The van der Waals surface area contributed by atoms with Crippen molar-refractivity contribution in [2.24, 2.45) is 0 Å². The van der Waals surface area contributed by atoms with Gasteiger partial charge in [0.05, 0.1) is 45.8 Å². The number of aromatic nitrogens is 4. The van der Waals surface area contributed by atoms with Crippen molar-refractivity contribution in [2.75, 3.05) is 6.54 Å². The molecule has 3 aromatic carbocycles. The maximum Gasteiger partial charge on any atom is 0.258 e. The molecule has 0 saturated carbocycles. The Balaban J connectivity index is 1.47. The van der Waals surface area contributed by atoms with Gasteiger partial charge < -0.3 is 9.47 Å². The lowest BCUT2D eigenvalue weighted by Crippen LogP contribution is -2.34. The Bertz CT molecular complexity index is 1680. The predicted molar refractivity (Wildman–Crippen MR) is 155 cm³/mol. The number of carbonyl (C=O) groups is 1. The van der Waals surface area contributed by atoms with Crippen LogP contribution in [0.25, 0.3) is 10.9 Å². The summed E-state index contributed by atoms with van der Waals surface area (Å²) in [5.41, 5.74) is 3.48. The van der Waals surface area contributed by atoms with E-state index in [1.165, 1.54) is 6.20 Å². The lowest BCUT2D eigenvalue weighted by atomic mass is 10.1. The third-order valence-corrected chi connectivity index (χ3v) is 7.37. The summed E-state index contributed by atoms with van der Waals surface area (Å²) < 4.78 is 2.88. The van der Waals surface area contributed by atoms with Crippen LogP contribution in [-0.2, 0) is 19.5 Å². The summed E-state index contributed by atoms with van der Waals surface area (Å²) in [6.07, 6.45) is 3.78. The number of halogens is 3. The summed E-state index contributed by atoms with van der Waals surface area (Å²) in [5, 5.41) is 19.0. The summed E-state index contributed by atoms with van der Waals surface area (Å²) >= 11 is 16.2. The van der Waals surface area contributed by atoms with Gasteiger partial charge in [0.2, 0.25) is 0 Å². The van der Waals surface area contributed by atoms with Crippen LogP contribution >= 0.6 is 39.1 Å². The first-order valence-electron chi connectivity index (χ1n) is 12.0. The van der Waals surface area contributed by atoms with E-state index in [9.17, 15) is 4.79 Å². The SMILES string of the molecule is N#Cc1ccc(Cn2cnnc2CN(CCc2ccc(Br)cc2)C(=O)c2c(Cl)ccc3cc(Cl)cnc23)cc1. The van der Waals surface area contributed by atoms with E-state index in [0.29, 0.717) is 52.0 Å². The average Bonchev–Trinajstić information content (AvgIpc) is 3.38. The van der Waals surface area contributed by atoms with Crippen molar-refractivity contribution in [1.29, 1.82) is 5.26 Å². The molecule has 0 aliphatic rings. The minimum absolute atomic E-state index is 0.214. The van der Waals surface area contributed by atoms with Gasteiger partial charge >= 0.3 is 0 Å². The molecular formula is C29H21BrCl2N6O. The first-order valence-corrected chi connectivity index (χ1v) is 13.6. The summed E-state index contributed by atoms with van der Waals surface area (Å²) in [6, 6.07) is 22.7. The number of pyridine rings is 1. The third kappa shape index (κ3) is 6.28. The lowest BCUT2D eigenvalue weighted by molar-refractivity contribution is 0.0741. The van der Waals surface area contributed by atoms with Crippen LogP contribution in [0.2, 0.25) is 10.0 Å². The molecule has 0 unspecified atom stereocenters. The van der Waals surface area contributed by atoms with E-state index < -0.39 is 0 Å². The Hall–Kier alpha value is -3.77. The highest BCUT2D eigenvalue weighted by Crippen LogP contribution is 2.28. The van der Waals surface area contributed by atoms with Crippen LogP contribution in [0.5, 0.6) is 0 Å². The second-order valence-corrected chi connectivity index (χ2v) is 10.7. The Labute approximate surface area is 243 Å². The molecule has 2 heterocycles. The second-order valence-electron chi connectivity index (χ2n) is 8.93. The molecule has 2 aromatic heterocycles. The predicted octanol–water partition coefficient (Wildman–Crippen LogP) is 6.70. The molecule has 0 radical (unpaired) electrons. The Morgan fingerprint density at radius 2 is 1.77 bits per heavy atom. The Morgan fingerprint density at radius 1 is 1.03 bits per heavy atom. The number of nitrogens with zero attached hydrogens (tertiary/aromatic N) is 6. The summed E-state index contributed by atoms with van der Waals surface area (Å²) in [4.78, 5) is 20.2. The number of amides is 1. The van der Waals surface area contributed by atoms with Crippen LogP contribution in [0.4, 0.5) is 0 Å². The third-order valence-electron chi connectivity index (χ3n) is 6.32. The lowest BCUT2D eigenvalue weighted by Gasteiger charge is -2.24. The van der Waals surface area contributed by atoms with Gasteiger partial charge in [0, 0.05) is 22.6 Å². The van der Waals surface area contributed by atoms with Gasteiger partial charge in [0.25, 0.3) is 5.91 Å². The second kappa shape index (κ2) is 12.0. The molecule has 1 amide bonds. The summed E-state index contributed by atoms with van der Waals surface area (Å²) in [5.74, 6) is 0.362. The van der Waals surface area contributed by atoms with Crippen LogP contribution in [0, 0.1) is 11.3 Å². The van der Waals surface area contributed by atoms with Crippen molar-refractivity contribution in [2.45, 2.75) is 19.5 Å². The molecular weight excluding hydrogens is 599 g/mol. The Morgan fingerprint density at radius 3 is 2.51 bits per heavy atom. The van der Waals surface area contributed by atoms with E-state index in [2.05, 4.69) is 37.2 Å². The minimum Gasteiger partial charge on any atom is -0.331 e. The largest absolute Gasteiger partial charge is 0.331 e. The van der Waals surface area contributed by atoms with Crippen LogP contribution in [0.3, 0.4) is 0 Å². The van der Waals surface area contributed by atoms with E-state index in [0.717, 1.165) is 21.0 Å². The number of carbonyl (C=O) groups excluding carboxylic acids is 1.